The molecule has 1 aliphatic carbocycles. The predicted molar refractivity (Wildman–Crippen MR) is 87.5 cm³/mol. The van der Waals surface area contributed by atoms with Crippen molar-refractivity contribution < 1.29 is 19.1 Å². The van der Waals surface area contributed by atoms with Gasteiger partial charge >= 0.3 is 136 Å². The SMILES string of the molecule is COC(=O)[C@H]1C[C@@H]2OC(=O)[C@@]1([Sn]([CH3])([CH3])[CH3])C=[C]2[Sn]([CH3])([CH3])[CH3]. The average molecular weight is 508 g/mol. The van der Waals surface area contributed by atoms with E-state index >= 15 is 0 Å². The van der Waals surface area contributed by atoms with E-state index in [0.717, 1.165) is 0 Å². The first kappa shape index (κ1) is 17.6. The predicted octanol–water partition coefficient (Wildman–Crippen LogP) is 2.99. The maximum absolute atomic E-state index is 12.7. The molecule has 4 nitrogen and oxygen atoms in total. The average Bonchev–Trinajstić information content (AvgIpc) is 2.34. The molecule has 3 rings (SSSR count). The maximum atomic E-state index is 12.7. The van der Waals surface area contributed by atoms with Gasteiger partial charge in [0.25, 0.3) is 0 Å². The fraction of sp³-hybridized carbons (Fsp3) is 0.733. The monoisotopic (exact) mass is 510 g/mol. The summed E-state index contributed by atoms with van der Waals surface area (Å²) >= 11 is -5.19. The zero-order chi connectivity index (χ0) is 16.2. The molecule has 0 aromatic heterocycles. The number of carbonyl (C=O) groups is 2. The van der Waals surface area contributed by atoms with E-state index in [2.05, 4.69) is 35.7 Å². The molecule has 0 aromatic carbocycles. The third-order valence-electron chi connectivity index (χ3n) is 4.91. The van der Waals surface area contributed by atoms with Crippen molar-refractivity contribution in [1.29, 1.82) is 0 Å². The second-order valence-electron chi connectivity index (χ2n) is 8.17. The molecule has 0 aromatic rings. The molecule has 0 unspecified atom stereocenters. The summed E-state index contributed by atoms with van der Waals surface area (Å²) in [4.78, 5) is 38.7. The van der Waals surface area contributed by atoms with Gasteiger partial charge in [0.15, 0.2) is 0 Å². The van der Waals surface area contributed by atoms with Crippen molar-refractivity contribution in [3.05, 3.63) is 9.67 Å². The van der Waals surface area contributed by atoms with E-state index in [0.29, 0.717) is 6.42 Å². The second-order valence-corrected chi connectivity index (χ2v) is 37.9. The molecule has 0 N–H and O–H groups in total. The van der Waals surface area contributed by atoms with Crippen LogP contribution >= 0.6 is 0 Å². The van der Waals surface area contributed by atoms with Crippen molar-refractivity contribution >= 4 is 48.7 Å². The molecule has 2 aliphatic heterocycles. The molecule has 3 aliphatic rings. The van der Waals surface area contributed by atoms with Gasteiger partial charge in [-0.2, -0.15) is 0 Å². The van der Waals surface area contributed by atoms with Crippen molar-refractivity contribution in [2.45, 2.75) is 45.6 Å². The second kappa shape index (κ2) is 5.42. The zero-order valence-corrected chi connectivity index (χ0v) is 19.8. The van der Waals surface area contributed by atoms with Crippen molar-refractivity contribution in [3.8, 4) is 0 Å². The van der Waals surface area contributed by atoms with E-state index in [9.17, 15) is 9.59 Å². The summed E-state index contributed by atoms with van der Waals surface area (Å²) in [5, 5.41) is 0. The minimum absolute atomic E-state index is 0.170. The van der Waals surface area contributed by atoms with Gasteiger partial charge in [-0.25, -0.2) is 0 Å². The summed E-state index contributed by atoms with van der Waals surface area (Å²) in [6.07, 6.45) is 2.63. The van der Waals surface area contributed by atoms with E-state index in [-0.39, 0.29) is 24.0 Å². The molecular weight excluding hydrogens is 482 g/mol. The van der Waals surface area contributed by atoms with Crippen molar-refractivity contribution in [3.63, 3.8) is 0 Å². The normalized spacial score (nSPS) is 32.5. The van der Waals surface area contributed by atoms with Crippen LogP contribution in [-0.4, -0.2) is 61.9 Å². The molecule has 0 amide bonds. The molecule has 2 heterocycles. The van der Waals surface area contributed by atoms with Crippen LogP contribution in [0.1, 0.15) is 6.42 Å². The summed E-state index contributed by atoms with van der Waals surface area (Å²) in [5.41, 5.74) is 0. The summed E-state index contributed by atoms with van der Waals surface area (Å²) in [6.45, 7) is 0. The Balaban J connectivity index is 2.67. The zero-order valence-electron chi connectivity index (χ0n) is 14.1. The first-order valence-electron chi connectivity index (χ1n) is 7.47. The van der Waals surface area contributed by atoms with Crippen LogP contribution in [-0.2, 0) is 19.1 Å². The third kappa shape index (κ3) is 2.68. The van der Waals surface area contributed by atoms with E-state index in [4.69, 9.17) is 9.47 Å². The Labute approximate surface area is 135 Å². The van der Waals surface area contributed by atoms with Gasteiger partial charge in [-0.15, -0.1) is 0 Å². The summed E-state index contributed by atoms with van der Waals surface area (Å²) in [6, 6.07) is 0. The summed E-state index contributed by atoms with van der Waals surface area (Å²) < 4.78 is 11.5. The molecule has 0 radical (unpaired) electrons. The van der Waals surface area contributed by atoms with E-state index < -0.39 is 40.2 Å². The van der Waals surface area contributed by atoms with Crippen LogP contribution in [0.15, 0.2) is 9.67 Å². The van der Waals surface area contributed by atoms with Gasteiger partial charge in [0, 0.05) is 0 Å². The van der Waals surface area contributed by atoms with E-state index in [1.54, 1.807) is 0 Å². The molecular formula is C15H26O4Sn2. The molecule has 2 bridgehead atoms. The van der Waals surface area contributed by atoms with Gasteiger partial charge in [0.1, 0.15) is 0 Å². The van der Waals surface area contributed by atoms with Gasteiger partial charge in [0.05, 0.1) is 0 Å². The Morgan fingerprint density at radius 1 is 1.29 bits per heavy atom. The number of fused-ring (bicyclic) bond motifs is 2. The standard InChI is InChI=1S/C9H8O4.6CH3.2Sn/c1-12-8(10)7-4-5-2-3-6(7)9(11)13-5;;;;;;;;/h3,5,7H,4H2,1H3;6*1H3;;/t5-,7+;;;;;;;;/m1......../s1. The number of hydrogen-bond acceptors (Lipinski definition) is 4. The molecule has 21 heavy (non-hydrogen) atoms. The number of hydrogen-bond donors (Lipinski definition) is 0. The van der Waals surface area contributed by atoms with Crippen LogP contribution in [0.4, 0.5) is 0 Å². The van der Waals surface area contributed by atoms with E-state index in [1.807, 2.05) is 0 Å². The number of ether oxygens (including phenoxy) is 2. The number of esters is 2. The van der Waals surface area contributed by atoms with Gasteiger partial charge in [0.2, 0.25) is 0 Å². The molecule has 1 fully saturated rings. The first-order chi connectivity index (χ1) is 9.45. The Morgan fingerprint density at radius 3 is 2.29 bits per heavy atom. The first-order valence-corrected chi connectivity index (χ1v) is 27.4. The van der Waals surface area contributed by atoms with Gasteiger partial charge < -0.3 is 0 Å². The van der Waals surface area contributed by atoms with Crippen LogP contribution in [0, 0.1) is 5.92 Å². The molecule has 3 atom stereocenters. The topological polar surface area (TPSA) is 52.6 Å². The number of rotatable bonds is 3. The Bertz CT molecular complexity index is 513. The Morgan fingerprint density at radius 2 is 1.86 bits per heavy atom. The van der Waals surface area contributed by atoms with Crippen LogP contribution in [0.25, 0.3) is 0 Å². The summed E-state index contributed by atoms with van der Waals surface area (Å²) in [7, 11) is 1.41. The molecule has 6 heteroatoms. The van der Waals surface area contributed by atoms with Crippen LogP contribution < -0.4 is 0 Å². The fourth-order valence-corrected chi connectivity index (χ4v) is 17.2. The fourth-order valence-electron chi connectivity index (χ4n) is 3.67. The van der Waals surface area contributed by atoms with Crippen molar-refractivity contribution in [1.82, 2.24) is 0 Å². The number of methoxy groups -OCH3 is 1. The van der Waals surface area contributed by atoms with Gasteiger partial charge in [-0.05, 0) is 0 Å². The van der Waals surface area contributed by atoms with Crippen molar-refractivity contribution in [2.75, 3.05) is 7.11 Å². The van der Waals surface area contributed by atoms with Gasteiger partial charge in [-0.3, -0.25) is 0 Å². The molecule has 118 valence electrons. The number of carbonyl (C=O) groups excluding carboxylic acids is 2. The van der Waals surface area contributed by atoms with Crippen LogP contribution in [0.2, 0.25) is 33.1 Å². The van der Waals surface area contributed by atoms with E-state index in [1.165, 1.54) is 10.7 Å². The van der Waals surface area contributed by atoms with Crippen molar-refractivity contribution in [2.24, 2.45) is 5.92 Å². The minimum atomic E-state index is -2.84. The van der Waals surface area contributed by atoms with Crippen LogP contribution in [0.3, 0.4) is 0 Å². The molecule has 0 saturated carbocycles. The van der Waals surface area contributed by atoms with Gasteiger partial charge in [-0.1, -0.05) is 0 Å². The van der Waals surface area contributed by atoms with Crippen LogP contribution in [0.5, 0.6) is 0 Å². The third-order valence-corrected chi connectivity index (χ3v) is 20.3. The molecule has 1 saturated heterocycles. The quantitative estimate of drug-likeness (QED) is 0.435. The Hall–Kier alpha value is 0.277. The summed E-state index contributed by atoms with van der Waals surface area (Å²) in [5.74, 6) is -0.763. The Kier molecular flexibility index (Phi) is 4.55. The molecule has 0 spiro atoms.